The van der Waals surface area contributed by atoms with Gasteiger partial charge in [-0.3, -0.25) is 4.98 Å². The number of aliphatic hydroxyl groups is 1. The Morgan fingerprint density at radius 2 is 2.11 bits per heavy atom. The van der Waals surface area contributed by atoms with Crippen molar-refractivity contribution < 1.29 is 13.5 Å². The molecule has 1 aromatic rings. The molecule has 1 saturated heterocycles. The first-order chi connectivity index (χ1) is 9.13. The highest BCUT2D eigenvalue weighted by Gasteiger charge is 2.27. The van der Waals surface area contributed by atoms with Crippen LogP contribution in [0.1, 0.15) is 30.9 Å². The number of nitrogens with zero attached hydrogens (tertiary/aromatic N) is 2. The van der Waals surface area contributed by atoms with E-state index in [0.717, 1.165) is 19.3 Å². The van der Waals surface area contributed by atoms with Crippen LogP contribution < -0.4 is 4.72 Å². The molecule has 19 heavy (non-hydrogen) atoms. The van der Waals surface area contributed by atoms with Crippen molar-refractivity contribution in [2.24, 2.45) is 0 Å². The number of hydrogen-bond acceptors (Lipinski definition) is 4. The van der Waals surface area contributed by atoms with Gasteiger partial charge in [-0.05, 0) is 24.5 Å². The summed E-state index contributed by atoms with van der Waals surface area (Å²) in [5.74, 6) is 0. The third-order valence-corrected chi connectivity index (χ3v) is 4.84. The van der Waals surface area contributed by atoms with Gasteiger partial charge < -0.3 is 5.11 Å². The first-order valence-corrected chi connectivity index (χ1v) is 7.85. The largest absolute Gasteiger partial charge is 0.394 e. The van der Waals surface area contributed by atoms with Crippen molar-refractivity contribution in [2.75, 3.05) is 19.7 Å². The second-order valence-corrected chi connectivity index (χ2v) is 6.31. The Bertz CT molecular complexity index is 486. The molecule has 1 unspecified atom stereocenters. The van der Waals surface area contributed by atoms with Crippen LogP contribution in [0.4, 0.5) is 0 Å². The molecule has 0 bridgehead atoms. The quantitative estimate of drug-likeness (QED) is 0.822. The highest BCUT2D eigenvalue weighted by molar-refractivity contribution is 7.87. The van der Waals surface area contributed by atoms with Gasteiger partial charge in [-0.25, -0.2) is 0 Å². The van der Waals surface area contributed by atoms with Crippen molar-refractivity contribution in [3.05, 3.63) is 30.1 Å². The smallest absolute Gasteiger partial charge is 0.280 e. The van der Waals surface area contributed by atoms with Gasteiger partial charge >= 0.3 is 0 Å². The number of pyridine rings is 1. The Morgan fingerprint density at radius 1 is 1.37 bits per heavy atom. The average Bonchev–Trinajstić information content (AvgIpc) is 2.47. The van der Waals surface area contributed by atoms with E-state index in [1.54, 1.807) is 24.5 Å². The summed E-state index contributed by atoms with van der Waals surface area (Å²) < 4.78 is 28.4. The summed E-state index contributed by atoms with van der Waals surface area (Å²) in [6, 6.07) is 2.81. The van der Waals surface area contributed by atoms with Gasteiger partial charge in [-0.2, -0.15) is 17.4 Å². The second kappa shape index (κ2) is 6.42. The van der Waals surface area contributed by atoms with Crippen molar-refractivity contribution >= 4 is 10.2 Å². The van der Waals surface area contributed by atoms with Gasteiger partial charge in [0.2, 0.25) is 0 Å². The van der Waals surface area contributed by atoms with E-state index in [9.17, 15) is 13.5 Å². The van der Waals surface area contributed by atoms with Crippen LogP contribution in [0.15, 0.2) is 24.5 Å². The topological polar surface area (TPSA) is 82.5 Å². The maximum absolute atomic E-state index is 12.2. The van der Waals surface area contributed by atoms with E-state index in [2.05, 4.69) is 9.71 Å². The molecule has 0 radical (unpaired) electrons. The normalized spacial score (nSPS) is 19.2. The number of aliphatic hydroxyl groups excluding tert-OH is 1. The maximum Gasteiger partial charge on any atom is 0.280 e. The van der Waals surface area contributed by atoms with Gasteiger partial charge in [0.1, 0.15) is 0 Å². The summed E-state index contributed by atoms with van der Waals surface area (Å²) in [4.78, 5) is 3.94. The van der Waals surface area contributed by atoms with Crippen LogP contribution in [0.2, 0.25) is 0 Å². The van der Waals surface area contributed by atoms with Gasteiger partial charge in [0.05, 0.1) is 12.6 Å². The van der Waals surface area contributed by atoms with Gasteiger partial charge in [-0.15, -0.1) is 0 Å². The number of hydrogen-bond donors (Lipinski definition) is 2. The molecule has 106 valence electrons. The monoisotopic (exact) mass is 285 g/mol. The minimum absolute atomic E-state index is 0.293. The molecule has 1 aliphatic heterocycles. The third-order valence-electron chi connectivity index (χ3n) is 3.22. The van der Waals surface area contributed by atoms with Crippen molar-refractivity contribution in [2.45, 2.75) is 25.3 Å². The van der Waals surface area contributed by atoms with Crippen LogP contribution in [0.25, 0.3) is 0 Å². The zero-order valence-corrected chi connectivity index (χ0v) is 11.5. The van der Waals surface area contributed by atoms with Crippen LogP contribution in [0.5, 0.6) is 0 Å². The molecule has 6 nitrogen and oxygen atoms in total. The fourth-order valence-corrected chi connectivity index (χ4v) is 3.61. The minimum atomic E-state index is -3.55. The molecule has 1 atom stereocenters. The van der Waals surface area contributed by atoms with E-state index in [1.807, 2.05) is 0 Å². The molecule has 7 heteroatoms. The summed E-state index contributed by atoms with van der Waals surface area (Å²) >= 11 is 0. The lowest BCUT2D eigenvalue weighted by atomic mass is 10.1. The zero-order chi connectivity index (χ0) is 13.7. The molecule has 2 heterocycles. The molecule has 2 rings (SSSR count). The van der Waals surface area contributed by atoms with E-state index in [-0.39, 0.29) is 6.61 Å². The first-order valence-electron chi connectivity index (χ1n) is 6.41. The molecule has 1 aliphatic rings. The molecule has 0 saturated carbocycles. The molecule has 2 N–H and O–H groups in total. The highest BCUT2D eigenvalue weighted by atomic mass is 32.2. The van der Waals surface area contributed by atoms with Crippen molar-refractivity contribution in [3.63, 3.8) is 0 Å². The summed E-state index contributed by atoms with van der Waals surface area (Å²) in [6.07, 6.45) is 6.00. The molecule has 0 aromatic carbocycles. The van der Waals surface area contributed by atoms with Crippen LogP contribution in [-0.4, -0.2) is 42.5 Å². The Hall–Kier alpha value is -1.02. The van der Waals surface area contributed by atoms with E-state index in [4.69, 9.17) is 0 Å². The predicted molar refractivity (Wildman–Crippen MR) is 71.5 cm³/mol. The maximum atomic E-state index is 12.2. The van der Waals surface area contributed by atoms with Crippen molar-refractivity contribution in [1.29, 1.82) is 0 Å². The van der Waals surface area contributed by atoms with Crippen molar-refractivity contribution in [3.8, 4) is 0 Å². The highest BCUT2D eigenvalue weighted by Crippen LogP contribution is 2.16. The molecule has 0 amide bonds. The number of aromatic nitrogens is 1. The average molecular weight is 285 g/mol. The molecule has 0 aliphatic carbocycles. The number of rotatable bonds is 5. The summed E-state index contributed by atoms with van der Waals surface area (Å²) in [7, 11) is -3.55. The van der Waals surface area contributed by atoms with Crippen LogP contribution >= 0.6 is 0 Å². The van der Waals surface area contributed by atoms with Gasteiger partial charge in [-0.1, -0.05) is 12.5 Å². The Labute approximate surface area is 113 Å². The predicted octanol–water partition coefficient (Wildman–Crippen LogP) is 0.435. The standard InChI is InChI=1S/C12H19N3O3S/c16-10-12(11-5-4-6-13-9-11)14-19(17,18)15-7-2-1-3-8-15/h4-6,9,12,14,16H,1-3,7-8,10H2. The van der Waals surface area contributed by atoms with E-state index in [0.29, 0.717) is 18.7 Å². The molecular weight excluding hydrogens is 266 g/mol. The van der Waals surface area contributed by atoms with E-state index < -0.39 is 16.3 Å². The van der Waals surface area contributed by atoms with Crippen molar-refractivity contribution in [1.82, 2.24) is 14.0 Å². The zero-order valence-electron chi connectivity index (χ0n) is 10.7. The summed E-state index contributed by atoms with van der Waals surface area (Å²) in [6.45, 7) is 0.791. The van der Waals surface area contributed by atoms with Gasteiger partial charge in [0, 0.05) is 25.5 Å². The first kappa shape index (κ1) is 14.4. The summed E-state index contributed by atoms with van der Waals surface area (Å²) in [5, 5.41) is 9.37. The minimum Gasteiger partial charge on any atom is -0.394 e. The number of nitrogens with one attached hydrogen (secondary N) is 1. The van der Waals surface area contributed by atoms with E-state index in [1.165, 1.54) is 4.31 Å². The van der Waals surface area contributed by atoms with E-state index >= 15 is 0 Å². The van der Waals surface area contributed by atoms with Gasteiger partial charge in [0.25, 0.3) is 10.2 Å². The lowest BCUT2D eigenvalue weighted by Gasteiger charge is -2.28. The Morgan fingerprint density at radius 3 is 2.68 bits per heavy atom. The molecule has 0 spiro atoms. The van der Waals surface area contributed by atoms with Crippen LogP contribution in [0, 0.1) is 0 Å². The lowest BCUT2D eigenvalue weighted by Crippen LogP contribution is -2.45. The number of piperidine rings is 1. The van der Waals surface area contributed by atoms with Crippen LogP contribution in [-0.2, 0) is 10.2 Å². The molecule has 1 fully saturated rings. The second-order valence-electron chi connectivity index (χ2n) is 4.60. The van der Waals surface area contributed by atoms with Crippen LogP contribution in [0.3, 0.4) is 0 Å². The van der Waals surface area contributed by atoms with Gasteiger partial charge in [0.15, 0.2) is 0 Å². The molecule has 1 aromatic heterocycles. The Kier molecular flexibility index (Phi) is 4.87. The fourth-order valence-electron chi connectivity index (χ4n) is 2.15. The SMILES string of the molecule is O=S(=O)(NC(CO)c1cccnc1)N1CCCCC1. The summed E-state index contributed by atoms with van der Waals surface area (Å²) in [5.41, 5.74) is 0.658. The fraction of sp³-hybridized carbons (Fsp3) is 0.583. The lowest BCUT2D eigenvalue weighted by molar-refractivity contribution is 0.253. The Balaban J connectivity index is 2.09. The molecular formula is C12H19N3O3S. The third kappa shape index (κ3) is 3.73.